The summed E-state index contributed by atoms with van der Waals surface area (Å²) in [7, 11) is 0. The van der Waals surface area contributed by atoms with Crippen LogP contribution in [-0.4, -0.2) is 65.7 Å². The normalized spacial score (nSPS) is 20.2. The largest absolute Gasteiger partial charge is 0.455 e. The predicted molar refractivity (Wildman–Crippen MR) is 154 cm³/mol. The Balaban J connectivity index is 1.27. The summed E-state index contributed by atoms with van der Waals surface area (Å²) in [5.74, 6) is 0.870. The molecule has 2 aromatic heterocycles. The van der Waals surface area contributed by atoms with Crippen LogP contribution in [0.3, 0.4) is 0 Å². The minimum Gasteiger partial charge on any atom is -0.455 e. The third-order valence-electron chi connectivity index (χ3n) is 7.44. The average Bonchev–Trinajstić information content (AvgIpc) is 3.61. The van der Waals surface area contributed by atoms with Crippen molar-refractivity contribution in [3.8, 4) is 0 Å². The summed E-state index contributed by atoms with van der Waals surface area (Å²) in [6.45, 7) is 17.5. The standard InChI is InChI=1S/C29H40N8O2/c1-19(2)35-9-11-36(12-10-35)23-13-21(15-30-17-23)24-18-37(34-33-24)25-14-22(16-31-20(25)3)32-28(38)26-7-8-27(39-26)29(4,5)6/h7-8,13-14,16-19,21,33-34H,9-12,15H2,1-6H3,(H,32,38). The fourth-order valence-corrected chi connectivity index (χ4v) is 4.97. The van der Waals surface area contributed by atoms with Crippen LogP contribution in [0.2, 0.25) is 0 Å². The van der Waals surface area contributed by atoms with Gasteiger partial charge in [-0.05, 0) is 45.0 Å². The van der Waals surface area contributed by atoms with Gasteiger partial charge in [0.1, 0.15) is 5.76 Å². The van der Waals surface area contributed by atoms with Gasteiger partial charge in [-0.2, -0.15) is 0 Å². The zero-order valence-corrected chi connectivity index (χ0v) is 23.8. The lowest BCUT2D eigenvalue weighted by Gasteiger charge is -2.39. The van der Waals surface area contributed by atoms with Crippen LogP contribution in [0.15, 0.2) is 57.5 Å². The van der Waals surface area contributed by atoms with Crippen LogP contribution in [0, 0.1) is 12.8 Å². The van der Waals surface area contributed by atoms with Gasteiger partial charge < -0.3 is 20.1 Å². The third-order valence-corrected chi connectivity index (χ3v) is 7.44. The number of rotatable bonds is 6. The number of piperazine rings is 1. The molecule has 1 amide bonds. The number of hydrogen-bond acceptors (Lipinski definition) is 9. The van der Waals surface area contributed by atoms with Gasteiger partial charge in [0.2, 0.25) is 0 Å². The van der Waals surface area contributed by atoms with Crippen molar-refractivity contribution >= 4 is 23.5 Å². The number of hydrogen-bond donors (Lipinski definition) is 3. The number of furan rings is 1. The molecule has 208 valence electrons. The van der Waals surface area contributed by atoms with Crippen LogP contribution in [0.1, 0.15) is 56.6 Å². The second kappa shape index (κ2) is 10.9. The zero-order valence-electron chi connectivity index (χ0n) is 23.8. The molecule has 10 heteroatoms. The molecule has 0 radical (unpaired) electrons. The van der Waals surface area contributed by atoms with E-state index in [4.69, 9.17) is 4.42 Å². The number of carbonyl (C=O) groups is 1. The quantitative estimate of drug-likeness (QED) is 0.516. The molecule has 3 aliphatic heterocycles. The molecule has 5 rings (SSSR count). The number of carbonyl (C=O) groups excluding carboxylic acids is 1. The van der Waals surface area contributed by atoms with Crippen molar-refractivity contribution in [2.75, 3.05) is 43.0 Å². The van der Waals surface area contributed by atoms with Crippen molar-refractivity contribution < 1.29 is 9.21 Å². The number of aromatic nitrogens is 1. The average molecular weight is 533 g/mol. The zero-order chi connectivity index (χ0) is 27.7. The van der Waals surface area contributed by atoms with Gasteiger partial charge in [-0.3, -0.25) is 24.7 Å². The molecule has 1 atom stereocenters. The summed E-state index contributed by atoms with van der Waals surface area (Å²) in [6.07, 6.45) is 8.00. The summed E-state index contributed by atoms with van der Waals surface area (Å²) < 4.78 is 5.79. The Kier molecular flexibility index (Phi) is 7.51. The van der Waals surface area contributed by atoms with Gasteiger partial charge in [-0.25, -0.2) is 0 Å². The van der Waals surface area contributed by atoms with Crippen LogP contribution in [-0.2, 0) is 5.41 Å². The molecule has 0 aliphatic carbocycles. The molecule has 0 saturated carbocycles. The molecule has 0 spiro atoms. The smallest absolute Gasteiger partial charge is 0.291 e. The second-order valence-electron chi connectivity index (χ2n) is 11.7. The summed E-state index contributed by atoms with van der Waals surface area (Å²) in [5.41, 5.74) is 10.8. The van der Waals surface area contributed by atoms with E-state index in [0.717, 1.165) is 49.0 Å². The summed E-state index contributed by atoms with van der Waals surface area (Å²) >= 11 is 0. The van der Waals surface area contributed by atoms with E-state index < -0.39 is 0 Å². The molecule has 3 aliphatic rings. The lowest BCUT2D eigenvalue weighted by Crippen LogP contribution is -2.48. The second-order valence-corrected chi connectivity index (χ2v) is 11.7. The monoisotopic (exact) mass is 532 g/mol. The molecule has 2 aromatic rings. The predicted octanol–water partition coefficient (Wildman–Crippen LogP) is 3.81. The molecular weight excluding hydrogens is 492 g/mol. The van der Waals surface area contributed by atoms with Crippen LogP contribution >= 0.6 is 0 Å². The maximum Gasteiger partial charge on any atom is 0.291 e. The summed E-state index contributed by atoms with van der Waals surface area (Å²) in [6, 6.07) is 6.03. The van der Waals surface area contributed by atoms with Crippen molar-refractivity contribution in [2.45, 2.75) is 53.0 Å². The maximum atomic E-state index is 12.8. The Labute approximate surface area is 230 Å². The summed E-state index contributed by atoms with van der Waals surface area (Å²) in [5, 5.41) is 4.81. The van der Waals surface area contributed by atoms with Gasteiger partial charge in [0, 0.05) is 56.0 Å². The highest BCUT2D eigenvalue weighted by atomic mass is 16.4. The molecule has 3 N–H and O–H groups in total. The summed E-state index contributed by atoms with van der Waals surface area (Å²) in [4.78, 5) is 27.0. The van der Waals surface area contributed by atoms with Gasteiger partial charge in [0.05, 0.1) is 41.2 Å². The number of allylic oxidation sites excluding steroid dienone is 1. The van der Waals surface area contributed by atoms with Gasteiger partial charge in [-0.15, -0.1) is 5.53 Å². The van der Waals surface area contributed by atoms with Gasteiger partial charge >= 0.3 is 0 Å². The maximum absolute atomic E-state index is 12.8. The van der Waals surface area contributed by atoms with Crippen molar-refractivity contribution in [1.82, 2.24) is 25.7 Å². The van der Waals surface area contributed by atoms with Crippen molar-refractivity contribution in [3.05, 3.63) is 65.3 Å². The molecule has 1 saturated heterocycles. The van der Waals surface area contributed by atoms with Gasteiger partial charge in [0.15, 0.2) is 5.76 Å². The van der Waals surface area contributed by atoms with Gasteiger partial charge in [-0.1, -0.05) is 20.8 Å². The van der Waals surface area contributed by atoms with E-state index in [9.17, 15) is 4.79 Å². The Morgan fingerprint density at radius 3 is 2.64 bits per heavy atom. The van der Waals surface area contributed by atoms with E-state index in [1.165, 1.54) is 5.70 Å². The molecule has 10 nitrogen and oxygen atoms in total. The first kappa shape index (κ1) is 27.0. The minimum atomic E-state index is -0.308. The number of anilines is 2. The van der Waals surface area contributed by atoms with Gasteiger partial charge in [0.25, 0.3) is 5.91 Å². The van der Waals surface area contributed by atoms with Crippen molar-refractivity contribution in [3.63, 3.8) is 0 Å². The topological polar surface area (TPSA) is 101 Å². The van der Waals surface area contributed by atoms with Crippen molar-refractivity contribution in [2.24, 2.45) is 10.9 Å². The number of pyridine rings is 1. The molecule has 5 heterocycles. The minimum absolute atomic E-state index is 0.137. The SMILES string of the molecule is Cc1ncc(NC(=O)c2ccc(C(C)(C)C)o2)cc1N1C=C(C2C=C(N3CCN(C(C)C)CC3)C=NC2)NN1. The highest BCUT2D eigenvalue weighted by Gasteiger charge is 2.26. The number of aryl methyl sites for hydroxylation is 1. The molecule has 0 aromatic carbocycles. The Morgan fingerprint density at radius 1 is 1.18 bits per heavy atom. The Morgan fingerprint density at radius 2 is 1.95 bits per heavy atom. The van der Waals surface area contributed by atoms with E-state index in [2.05, 4.69) is 56.0 Å². The fourth-order valence-electron chi connectivity index (χ4n) is 4.97. The van der Waals surface area contributed by atoms with E-state index >= 15 is 0 Å². The first-order valence-corrected chi connectivity index (χ1v) is 13.7. The number of amides is 1. The van der Waals surface area contributed by atoms with E-state index in [-0.39, 0.29) is 23.0 Å². The first-order valence-electron chi connectivity index (χ1n) is 13.7. The lowest BCUT2D eigenvalue weighted by molar-refractivity contribution is 0.0993. The molecule has 0 bridgehead atoms. The number of dihydropyridines is 1. The molecule has 1 fully saturated rings. The molecule has 39 heavy (non-hydrogen) atoms. The van der Waals surface area contributed by atoms with Crippen LogP contribution in [0.25, 0.3) is 0 Å². The Bertz CT molecular complexity index is 1290. The number of nitrogens with one attached hydrogen (secondary N) is 3. The first-order chi connectivity index (χ1) is 18.6. The van der Waals surface area contributed by atoms with E-state index in [1.54, 1.807) is 12.3 Å². The number of hydrazine groups is 2. The molecular formula is C29H40N8O2. The van der Waals surface area contributed by atoms with E-state index in [1.807, 2.05) is 57.3 Å². The Hall–Kier alpha value is -3.63. The highest BCUT2D eigenvalue weighted by Crippen LogP contribution is 2.28. The lowest BCUT2D eigenvalue weighted by atomic mass is 9.94. The van der Waals surface area contributed by atoms with E-state index in [0.29, 0.717) is 18.3 Å². The molecule has 1 unspecified atom stereocenters. The third kappa shape index (κ3) is 6.02. The van der Waals surface area contributed by atoms with Crippen LogP contribution in [0.5, 0.6) is 0 Å². The van der Waals surface area contributed by atoms with Crippen LogP contribution < -0.4 is 21.3 Å². The highest BCUT2D eigenvalue weighted by molar-refractivity contribution is 6.02. The fraction of sp³-hybridized carbons (Fsp3) is 0.483. The number of nitrogens with zero attached hydrogens (tertiary/aromatic N) is 5. The van der Waals surface area contributed by atoms with Crippen LogP contribution in [0.4, 0.5) is 11.4 Å². The van der Waals surface area contributed by atoms with Crippen molar-refractivity contribution in [1.29, 1.82) is 0 Å². The number of aliphatic imine (C=N–C) groups is 1.